The number of nitrogens with zero attached hydrogens (tertiary/aromatic N) is 1. The van der Waals surface area contributed by atoms with Gasteiger partial charge in [0.15, 0.2) is 0 Å². The summed E-state index contributed by atoms with van der Waals surface area (Å²) in [6.45, 7) is 5.76. The van der Waals surface area contributed by atoms with E-state index in [1.165, 1.54) is 25.8 Å². The number of rotatable bonds is 2. The van der Waals surface area contributed by atoms with Crippen LogP contribution >= 0.6 is 0 Å². The summed E-state index contributed by atoms with van der Waals surface area (Å²) in [6.07, 6.45) is 10.3. The molecular weight excluding hydrogens is 146 g/mol. The molecule has 1 heteroatoms. The maximum Gasteiger partial charge on any atom is 0.0243 e. The van der Waals surface area contributed by atoms with Gasteiger partial charge in [0.2, 0.25) is 0 Å². The molecule has 0 saturated carbocycles. The Morgan fingerprint density at radius 1 is 1.50 bits per heavy atom. The summed E-state index contributed by atoms with van der Waals surface area (Å²) in [4.78, 5) is 2.54. The molecule has 1 nitrogen and oxygen atoms in total. The molecule has 1 saturated heterocycles. The van der Waals surface area contributed by atoms with Crippen molar-refractivity contribution < 1.29 is 0 Å². The van der Waals surface area contributed by atoms with Crippen molar-refractivity contribution >= 4 is 0 Å². The molecule has 0 aromatic carbocycles. The third-order valence-corrected chi connectivity index (χ3v) is 2.69. The molecule has 0 N–H and O–H groups in total. The monoisotopic (exact) mass is 165 g/mol. The van der Waals surface area contributed by atoms with Crippen LogP contribution in [0.25, 0.3) is 0 Å². The second-order valence-corrected chi connectivity index (χ2v) is 3.89. The second kappa shape index (κ2) is 4.52. The van der Waals surface area contributed by atoms with Crippen LogP contribution < -0.4 is 0 Å². The average molecular weight is 165 g/mol. The van der Waals surface area contributed by atoms with Gasteiger partial charge in [0, 0.05) is 18.5 Å². The maximum atomic E-state index is 5.35. The SMILES string of the molecule is C#CCC1CCCCN1C(C)C. The number of piperidine rings is 1. The summed E-state index contributed by atoms with van der Waals surface area (Å²) < 4.78 is 0. The zero-order valence-electron chi connectivity index (χ0n) is 8.21. The van der Waals surface area contributed by atoms with E-state index in [-0.39, 0.29) is 0 Å². The van der Waals surface area contributed by atoms with E-state index in [9.17, 15) is 0 Å². The fourth-order valence-electron chi connectivity index (χ4n) is 2.06. The molecule has 1 aliphatic heterocycles. The van der Waals surface area contributed by atoms with Crippen molar-refractivity contribution in [2.45, 2.75) is 51.6 Å². The van der Waals surface area contributed by atoms with Gasteiger partial charge in [-0.3, -0.25) is 4.90 Å². The topological polar surface area (TPSA) is 3.24 Å². The Morgan fingerprint density at radius 3 is 2.83 bits per heavy atom. The summed E-state index contributed by atoms with van der Waals surface area (Å²) in [5.74, 6) is 2.78. The summed E-state index contributed by atoms with van der Waals surface area (Å²) in [7, 11) is 0. The maximum absolute atomic E-state index is 5.35. The molecule has 0 aromatic heterocycles. The van der Waals surface area contributed by atoms with Crippen LogP contribution in [0.5, 0.6) is 0 Å². The average Bonchev–Trinajstić information content (AvgIpc) is 2.05. The van der Waals surface area contributed by atoms with Crippen LogP contribution in [0.2, 0.25) is 0 Å². The highest BCUT2D eigenvalue weighted by Crippen LogP contribution is 2.21. The molecule has 0 radical (unpaired) electrons. The van der Waals surface area contributed by atoms with Gasteiger partial charge in [-0.25, -0.2) is 0 Å². The van der Waals surface area contributed by atoms with E-state index in [1.807, 2.05) is 0 Å². The Morgan fingerprint density at radius 2 is 2.25 bits per heavy atom. The lowest BCUT2D eigenvalue weighted by atomic mass is 9.98. The number of terminal acetylenes is 1. The summed E-state index contributed by atoms with van der Waals surface area (Å²) in [5, 5.41) is 0. The molecular formula is C11H19N. The van der Waals surface area contributed by atoms with Crippen LogP contribution in [0.1, 0.15) is 39.5 Å². The molecule has 0 aromatic rings. The molecule has 1 atom stereocenters. The minimum absolute atomic E-state index is 0.656. The third kappa shape index (κ3) is 2.25. The van der Waals surface area contributed by atoms with Crippen molar-refractivity contribution in [3.63, 3.8) is 0 Å². The van der Waals surface area contributed by atoms with Gasteiger partial charge in [-0.2, -0.15) is 0 Å². The normalized spacial score (nSPS) is 25.7. The lowest BCUT2D eigenvalue weighted by Crippen LogP contribution is -2.43. The van der Waals surface area contributed by atoms with Gasteiger partial charge in [0.05, 0.1) is 0 Å². The molecule has 12 heavy (non-hydrogen) atoms. The van der Waals surface area contributed by atoms with Crippen molar-refractivity contribution in [2.24, 2.45) is 0 Å². The Labute approximate surface area is 76.1 Å². The van der Waals surface area contributed by atoms with Gasteiger partial charge in [0.1, 0.15) is 0 Å². The van der Waals surface area contributed by atoms with Crippen LogP contribution in [0, 0.1) is 12.3 Å². The van der Waals surface area contributed by atoms with Gasteiger partial charge in [-0.1, -0.05) is 6.42 Å². The highest BCUT2D eigenvalue weighted by Gasteiger charge is 2.22. The number of hydrogen-bond acceptors (Lipinski definition) is 1. The molecule has 1 heterocycles. The lowest BCUT2D eigenvalue weighted by Gasteiger charge is -2.37. The van der Waals surface area contributed by atoms with Gasteiger partial charge in [0.25, 0.3) is 0 Å². The van der Waals surface area contributed by atoms with Crippen molar-refractivity contribution in [3.05, 3.63) is 0 Å². The van der Waals surface area contributed by atoms with Gasteiger partial charge in [-0.15, -0.1) is 12.3 Å². The standard InChI is InChI=1S/C11H19N/c1-4-7-11-8-5-6-9-12(11)10(2)3/h1,10-11H,5-9H2,2-3H3. The van der Waals surface area contributed by atoms with Gasteiger partial charge < -0.3 is 0 Å². The highest BCUT2D eigenvalue weighted by atomic mass is 15.2. The summed E-state index contributed by atoms with van der Waals surface area (Å²) in [5.41, 5.74) is 0. The molecule has 0 amide bonds. The molecule has 0 bridgehead atoms. The largest absolute Gasteiger partial charge is 0.297 e. The molecule has 1 aliphatic rings. The van der Waals surface area contributed by atoms with Crippen LogP contribution in [0.4, 0.5) is 0 Å². The second-order valence-electron chi connectivity index (χ2n) is 3.89. The van der Waals surface area contributed by atoms with E-state index >= 15 is 0 Å². The van der Waals surface area contributed by atoms with Crippen LogP contribution in [0.3, 0.4) is 0 Å². The predicted octanol–water partition coefficient (Wildman–Crippen LogP) is 2.27. The minimum Gasteiger partial charge on any atom is -0.297 e. The Kier molecular flexibility index (Phi) is 3.62. The van der Waals surface area contributed by atoms with E-state index in [4.69, 9.17) is 6.42 Å². The Balaban J connectivity index is 2.49. The quantitative estimate of drug-likeness (QED) is 0.567. The first-order valence-corrected chi connectivity index (χ1v) is 4.95. The van der Waals surface area contributed by atoms with Crippen LogP contribution in [-0.4, -0.2) is 23.5 Å². The summed E-state index contributed by atoms with van der Waals surface area (Å²) in [6, 6.07) is 1.31. The first kappa shape index (κ1) is 9.61. The van der Waals surface area contributed by atoms with Crippen molar-refractivity contribution in [1.82, 2.24) is 4.90 Å². The molecule has 1 rings (SSSR count). The number of likely N-dealkylation sites (tertiary alicyclic amines) is 1. The Hall–Kier alpha value is -0.480. The smallest absolute Gasteiger partial charge is 0.0243 e. The summed E-state index contributed by atoms with van der Waals surface area (Å²) >= 11 is 0. The molecule has 1 fully saturated rings. The fraction of sp³-hybridized carbons (Fsp3) is 0.818. The predicted molar refractivity (Wildman–Crippen MR) is 52.9 cm³/mol. The van der Waals surface area contributed by atoms with E-state index in [0.29, 0.717) is 12.1 Å². The Bertz CT molecular complexity index is 166. The van der Waals surface area contributed by atoms with Crippen molar-refractivity contribution in [3.8, 4) is 12.3 Å². The van der Waals surface area contributed by atoms with Gasteiger partial charge in [-0.05, 0) is 33.2 Å². The number of hydrogen-bond donors (Lipinski definition) is 0. The zero-order valence-corrected chi connectivity index (χ0v) is 8.21. The first-order chi connectivity index (χ1) is 5.75. The van der Waals surface area contributed by atoms with Crippen molar-refractivity contribution in [1.29, 1.82) is 0 Å². The fourth-order valence-corrected chi connectivity index (χ4v) is 2.06. The minimum atomic E-state index is 0.656. The van der Waals surface area contributed by atoms with E-state index in [0.717, 1.165) is 6.42 Å². The highest BCUT2D eigenvalue weighted by molar-refractivity contribution is 4.92. The first-order valence-electron chi connectivity index (χ1n) is 4.95. The van der Waals surface area contributed by atoms with Crippen molar-refractivity contribution in [2.75, 3.05) is 6.54 Å². The van der Waals surface area contributed by atoms with E-state index in [2.05, 4.69) is 24.7 Å². The van der Waals surface area contributed by atoms with Crippen LogP contribution in [0.15, 0.2) is 0 Å². The van der Waals surface area contributed by atoms with Gasteiger partial charge >= 0.3 is 0 Å². The molecule has 1 unspecified atom stereocenters. The van der Waals surface area contributed by atoms with E-state index in [1.54, 1.807) is 0 Å². The zero-order chi connectivity index (χ0) is 8.97. The van der Waals surface area contributed by atoms with E-state index < -0.39 is 0 Å². The molecule has 0 aliphatic carbocycles. The lowest BCUT2D eigenvalue weighted by molar-refractivity contribution is 0.115. The molecule has 0 spiro atoms. The molecule has 68 valence electrons. The third-order valence-electron chi connectivity index (χ3n) is 2.69. The van der Waals surface area contributed by atoms with Crippen LogP contribution in [-0.2, 0) is 0 Å².